The number of rotatable bonds is 10. The number of halogens is 7. The first-order valence-electron chi connectivity index (χ1n) is 12.1. The zero-order valence-corrected chi connectivity index (χ0v) is 21.8. The highest BCUT2D eigenvalue weighted by Crippen LogP contribution is 2.50. The number of benzene rings is 2. The van der Waals surface area contributed by atoms with E-state index in [0.717, 1.165) is 11.0 Å². The highest BCUT2D eigenvalue weighted by Gasteiger charge is 2.71. The Bertz CT molecular complexity index is 1190. The van der Waals surface area contributed by atoms with Crippen LogP contribution in [0.4, 0.5) is 31.1 Å². The predicted octanol–water partition coefficient (Wildman–Crippen LogP) is 6.23. The van der Waals surface area contributed by atoms with Gasteiger partial charge in [-0.15, -0.1) is 0 Å². The number of hydrogen-bond donors (Lipinski definition) is 2. The quantitative estimate of drug-likeness (QED) is 0.198. The molecule has 1 unspecified atom stereocenters. The van der Waals surface area contributed by atoms with Gasteiger partial charge in [-0.2, -0.15) is 26.3 Å². The largest absolute Gasteiger partial charge is 0.493 e. The average molecular weight is 581 g/mol. The Morgan fingerprint density at radius 1 is 1.00 bits per heavy atom. The predicted molar refractivity (Wildman–Crippen MR) is 130 cm³/mol. The van der Waals surface area contributed by atoms with Crippen molar-refractivity contribution in [1.82, 2.24) is 10.2 Å². The van der Waals surface area contributed by atoms with Crippen LogP contribution in [0.2, 0.25) is 5.02 Å². The molecule has 0 bridgehead atoms. The van der Waals surface area contributed by atoms with Gasteiger partial charge in [0.15, 0.2) is 0 Å². The molecular weight excluding hydrogens is 554 g/mol. The number of aryl methyl sites for hydroxylation is 1. The standard InChI is InChI=1S/C26H27ClF6N2O4/c1-3-6-16-15-18(24(38,25(28,29)30)26(31,32)33)9-12-20(16)39-14-5-4-13-35-21(36)23(2,34-22(35)37)17-7-10-19(27)11-8-17/h7-12,15,38H,3-6,13-14H2,1-2H3,(H,34,37). The molecule has 2 aromatic rings. The summed E-state index contributed by atoms with van der Waals surface area (Å²) in [5, 5.41) is 12.8. The second kappa shape index (κ2) is 11.2. The minimum atomic E-state index is -5.99. The number of alkyl halides is 6. The van der Waals surface area contributed by atoms with Gasteiger partial charge in [-0.25, -0.2) is 4.79 Å². The molecule has 0 aliphatic carbocycles. The Morgan fingerprint density at radius 2 is 1.62 bits per heavy atom. The zero-order valence-electron chi connectivity index (χ0n) is 21.0. The van der Waals surface area contributed by atoms with Gasteiger partial charge in [0.2, 0.25) is 0 Å². The number of aliphatic hydroxyl groups is 1. The van der Waals surface area contributed by atoms with Gasteiger partial charge in [-0.1, -0.05) is 43.1 Å². The van der Waals surface area contributed by atoms with Crippen molar-refractivity contribution in [2.75, 3.05) is 13.2 Å². The van der Waals surface area contributed by atoms with Gasteiger partial charge in [0.1, 0.15) is 11.3 Å². The molecular formula is C26H27ClF6N2O4. The van der Waals surface area contributed by atoms with Crippen LogP contribution in [0.3, 0.4) is 0 Å². The van der Waals surface area contributed by atoms with Crippen LogP contribution in [0.5, 0.6) is 5.75 Å². The molecule has 1 aliphatic rings. The molecule has 1 saturated heterocycles. The van der Waals surface area contributed by atoms with Crippen molar-refractivity contribution in [3.8, 4) is 5.75 Å². The lowest BCUT2D eigenvalue weighted by molar-refractivity contribution is -0.376. The van der Waals surface area contributed by atoms with Gasteiger partial charge in [-0.3, -0.25) is 9.69 Å². The highest BCUT2D eigenvalue weighted by atomic mass is 35.5. The number of amides is 3. The van der Waals surface area contributed by atoms with Crippen LogP contribution < -0.4 is 10.1 Å². The molecule has 1 aliphatic heterocycles. The van der Waals surface area contributed by atoms with Crippen LogP contribution in [0.15, 0.2) is 42.5 Å². The fourth-order valence-corrected chi connectivity index (χ4v) is 4.46. The fourth-order valence-electron chi connectivity index (χ4n) is 4.33. The van der Waals surface area contributed by atoms with E-state index in [1.54, 1.807) is 38.1 Å². The Balaban J connectivity index is 1.64. The number of carbonyl (C=O) groups excluding carboxylic acids is 2. The number of nitrogens with zero attached hydrogens (tertiary/aromatic N) is 1. The molecule has 1 heterocycles. The highest BCUT2D eigenvalue weighted by molar-refractivity contribution is 6.30. The minimum Gasteiger partial charge on any atom is -0.493 e. The molecule has 39 heavy (non-hydrogen) atoms. The number of nitrogens with one attached hydrogen (secondary N) is 1. The van der Waals surface area contributed by atoms with E-state index in [1.165, 1.54) is 0 Å². The van der Waals surface area contributed by atoms with E-state index in [4.69, 9.17) is 16.3 Å². The van der Waals surface area contributed by atoms with Crippen LogP contribution >= 0.6 is 11.6 Å². The summed E-state index contributed by atoms with van der Waals surface area (Å²) >= 11 is 5.89. The molecule has 3 rings (SSSR count). The van der Waals surface area contributed by atoms with E-state index in [1.807, 2.05) is 0 Å². The molecule has 1 fully saturated rings. The Morgan fingerprint density at radius 3 is 2.18 bits per heavy atom. The van der Waals surface area contributed by atoms with Crippen molar-refractivity contribution in [1.29, 1.82) is 0 Å². The summed E-state index contributed by atoms with van der Waals surface area (Å²) in [6.45, 7) is 3.36. The summed E-state index contributed by atoms with van der Waals surface area (Å²) in [6, 6.07) is 8.09. The van der Waals surface area contributed by atoms with E-state index in [-0.39, 0.29) is 30.9 Å². The average Bonchev–Trinajstić information content (AvgIpc) is 3.06. The van der Waals surface area contributed by atoms with Crippen LogP contribution in [0.1, 0.15) is 49.8 Å². The summed E-state index contributed by atoms with van der Waals surface area (Å²) in [5.74, 6) is -0.365. The van der Waals surface area contributed by atoms with Gasteiger partial charge >= 0.3 is 18.4 Å². The lowest BCUT2D eigenvalue weighted by Gasteiger charge is -2.33. The Labute approximate surface area is 225 Å². The number of ether oxygens (including phenoxy) is 1. The third-order valence-electron chi connectivity index (χ3n) is 6.55. The third kappa shape index (κ3) is 5.96. The fraction of sp³-hybridized carbons (Fsp3) is 0.462. The van der Waals surface area contributed by atoms with Crippen LogP contribution in [0.25, 0.3) is 0 Å². The smallest absolute Gasteiger partial charge is 0.430 e. The van der Waals surface area contributed by atoms with E-state index in [9.17, 15) is 41.0 Å². The summed E-state index contributed by atoms with van der Waals surface area (Å²) in [7, 11) is 0. The Kier molecular flexibility index (Phi) is 8.81. The zero-order chi connectivity index (χ0) is 29.2. The van der Waals surface area contributed by atoms with E-state index in [2.05, 4.69) is 5.32 Å². The van der Waals surface area contributed by atoms with E-state index >= 15 is 0 Å². The molecule has 0 aromatic heterocycles. The molecule has 214 valence electrons. The molecule has 3 amide bonds. The minimum absolute atomic E-state index is 0.0248. The monoisotopic (exact) mass is 580 g/mol. The van der Waals surface area contributed by atoms with Crippen molar-refractivity contribution < 1.29 is 45.8 Å². The summed E-state index contributed by atoms with van der Waals surface area (Å²) < 4.78 is 85.2. The summed E-state index contributed by atoms with van der Waals surface area (Å²) in [5.41, 5.74) is -6.99. The third-order valence-corrected chi connectivity index (χ3v) is 6.80. The molecule has 2 aromatic carbocycles. The van der Waals surface area contributed by atoms with Crippen molar-refractivity contribution in [2.45, 2.75) is 63.0 Å². The van der Waals surface area contributed by atoms with E-state index in [0.29, 0.717) is 42.0 Å². The van der Waals surface area contributed by atoms with E-state index < -0.39 is 41.0 Å². The summed E-state index contributed by atoms with van der Waals surface area (Å²) in [4.78, 5) is 26.5. The first kappa shape index (κ1) is 30.6. The molecule has 0 spiro atoms. The molecule has 6 nitrogen and oxygen atoms in total. The van der Waals surface area contributed by atoms with Gasteiger partial charge < -0.3 is 15.2 Å². The molecule has 0 radical (unpaired) electrons. The number of imide groups is 1. The van der Waals surface area contributed by atoms with Crippen molar-refractivity contribution in [3.05, 3.63) is 64.2 Å². The normalized spacial score (nSPS) is 18.5. The van der Waals surface area contributed by atoms with Crippen molar-refractivity contribution in [2.24, 2.45) is 0 Å². The van der Waals surface area contributed by atoms with Crippen LogP contribution in [-0.2, 0) is 22.4 Å². The van der Waals surface area contributed by atoms with Crippen molar-refractivity contribution >= 4 is 23.5 Å². The Hall–Kier alpha value is -2.99. The SMILES string of the molecule is CCCc1cc(C(O)(C(F)(F)F)C(F)(F)F)ccc1OCCCCN1C(=O)NC(C)(c2ccc(Cl)cc2)C1=O. The maximum Gasteiger partial charge on any atom is 0.430 e. The van der Waals surface area contributed by atoms with Gasteiger partial charge in [0, 0.05) is 17.1 Å². The molecule has 1 atom stereocenters. The van der Waals surface area contributed by atoms with Gasteiger partial charge in [-0.05, 0) is 61.6 Å². The second-order valence-electron chi connectivity index (χ2n) is 9.35. The number of hydrogen-bond acceptors (Lipinski definition) is 4. The van der Waals surface area contributed by atoms with Gasteiger partial charge in [0.05, 0.1) is 6.61 Å². The molecule has 0 saturated carbocycles. The summed E-state index contributed by atoms with van der Waals surface area (Å²) in [6.07, 6.45) is -10.8. The first-order valence-corrected chi connectivity index (χ1v) is 12.5. The van der Waals surface area contributed by atoms with Crippen LogP contribution in [0, 0.1) is 0 Å². The molecule has 13 heteroatoms. The van der Waals surface area contributed by atoms with Crippen molar-refractivity contribution in [3.63, 3.8) is 0 Å². The lowest BCUT2D eigenvalue weighted by Crippen LogP contribution is -2.53. The van der Waals surface area contributed by atoms with Crippen LogP contribution in [-0.4, -0.2) is 47.4 Å². The maximum atomic E-state index is 13.3. The molecule has 2 N–H and O–H groups in total. The van der Waals surface area contributed by atoms with Gasteiger partial charge in [0.25, 0.3) is 11.5 Å². The lowest BCUT2D eigenvalue weighted by atomic mass is 9.90. The number of urea groups is 1. The number of carbonyl (C=O) groups is 2. The second-order valence-corrected chi connectivity index (χ2v) is 9.79. The first-order chi connectivity index (χ1) is 18.1. The topological polar surface area (TPSA) is 78.9 Å². The number of unbranched alkanes of at least 4 members (excludes halogenated alkanes) is 1. The maximum absolute atomic E-state index is 13.3.